The number of anilines is 1. The molecule has 3 aromatic rings. The summed E-state index contributed by atoms with van der Waals surface area (Å²) in [5.74, 6) is 0.0204. The Morgan fingerprint density at radius 2 is 1.60 bits per heavy atom. The summed E-state index contributed by atoms with van der Waals surface area (Å²) >= 11 is 6.30. The molecule has 0 aliphatic carbocycles. The number of halogens is 1. The summed E-state index contributed by atoms with van der Waals surface area (Å²) in [5.41, 5.74) is 1.17. The van der Waals surface area contributed by atoms with Gasteiger partial charge in [-0.3, -0.25) is 13.9 Å². The van der Waals surface area contributed by atoms with Crippen LogP contribution in [0.15, 0.2) is 72.8 Å². The van der Waals surface area contributed by atoms with Gasteiger partial charge < -0.3 is 19.7 Å². The van der Waals surface area contributed by atoms with Crippen LogP contribution in [0.1, 0.15) is 31.9 Å². The molecule has 1 unspecified atom stereocenters. The average molecular weight is 616 g/mol. The van der Waals surface area contributed by atoms with E-state index in [9.17, 15) is 18.0 Å². The first-order valence-electron chi connectivity index (χ1n) is 13.3. The molecule has 0 radical (unpaired) electrons. The van der Waals surface area contributed by atoms with Crippen molar-refractivity contribution in [3.63, 3.8) is 0 Å². The van der Waals surface area contributed by atoms with Gasteiger partial charge in [-0.1, -0.05) is 54.1 Å². The summed E-state index contributed by atoms with van der Waals surface area (Å²) < 4.78 is 37.5. The number of amides is 2. The number of sulfonamides is 1. The lowest BCUT2D eigenvalue weighted by Crippen LogP contribution is -2.56. The molecule has 0 saturated carbocycles. The van der Waals surface area contributed by atoms with Crippen molar-refractivity contribution >= 4 is 39.1 Å². The Balaban J connectivity index is 2.10. The molecule has 9 nitrogen and oxygen atoms in total. The zero-order chi connectivity index (χ0) is 31.1. The van der Waals surface area contributed by atoms with Gasteiger partial charge in [-0.15, -0.1) is 0 Å². The molecule has 1 N–H and O–H groups in total. The lowest BCUT2D eigenvalue weighted by Gasteiger charge is -2.35. The maximum Gasteiger partial charge on any atom is 0.244 e. The maximum atomic E-state index is 14.2. The van der Waals surface area contributed by atoms with Gasteiger partial charge in [-0.2, -0.15) is 0 Å². The molecule has 0 aliphatic heterocycles. The molecular formula is C31H38ClN3O6S. The van der Waals surface area contributed by atoms with Crippen molar-refractivity contribution in [2.24, 2.45) is 0 Å². The number of carbonyl (C=O) groups excluding carboxylic acids is 2. The van der Waals surface area contributed by atoms with Crippen LogP contribution in [0.3, 0.4) is 0 Å². The number of methoxy groups -OCH3 is 2. The Morgan fingerprint density at radius 3 is 2.17 bits per heavy atom. The molecule has 0 heterocycles. The molecule has 42 heavy (non-hydrogen) atoms. The number of rotatable bonds is 12. The second kappa shape index (κ2) is 13.9. The first-order chi connectivity index (χ1) is 19.7. The van der Waals surface area contributed by atoms with E-state index in [1.165, 1.54) is 30.2 Å². The molecule has 2 amide bonds. The van der Waals surface area contributed by atoms with E-state index in [1.54, 1.807) is 25.3 Å². The molecular weight excluding hydrogens is 578 g/mol. The van der Waals surface area contributed by atoms with Crippen LogP contribution in [0.25, 0.3) is 0 Å². The zero-order valence-corrected chi connectivity index (χ0v) is 26.3. The van der Waals surface area contributed by atoms with E-state index < -0.39 is 34.1 Å². The van der Waals surface area contributed by atoms with Gasteiger partial charge in [0.05, 0.1) is 31.2 Å². The third-order valence-electron chi connectivity index (χ3n) is 6.36. The Labute approximate surface area is 253 Å². The number of hydrogen-bond donors (Lipinski definition) is 1. The smallest absolute Gasteiger partial charge is 0.244 e. The second-order valence-electron chi connectivity index (χ2n) is 10.9. The normalized spacial score (nSPS) is 12.3. The Kier molecular flexibility index (Phi) is 10.9. The van der Waals surface area contributed by atoms with Gasteiger partial charge in [0.1, 0.15) is 24.1 Å². The molecule has 0 aliphatic rings. The summed E-state index contributed by atoms with van der Waals surface area (Å²) in [6.07, 6.45) is 1.23. The van der Waals surface area contributed by atoms with Gasteiger partial charge in [0.15, 0.2) is 0 Å². The predicted octanol–water partition coefficient (Wildman–Crippen LogP) is 4.68. The first kappa shape index (κ1) is 32.8. The Hall–Kier alpha value is -3.76. The first-order valence-corrected chi connectivity index (χ1v) is 15.5. The average Bonchev–Trinajstić information content (AvgIpc) is 2.92. The molecule has 0 bridgehead atoms. The third-order valence-corrected chi connectivity index (χ3v) is 7.79. The second-order valence-corrected chi connectivity index (χ2v) is 13.2. The van der Waals surface area contributed by atoms with Gasteiger partial charge in [-0.25, -0.2) is 8.42 Å². The van der Waals surface area contributed by atoms with E-state index in [4.69, 9.17) is 21.1 Å². The number of ether oxygens (including phenoxy) is 2. The SMILES string of the molecule is COc1cccc(CN(C(=O)CN(c2ccc(OC)c(Cl)c2)S(C)(=O)=O)C(Cc2ccccc2)C(=O)NC(C)(C)C)c1. The minimum absolute atomic E-state index is 0.0338. The van der Waals surface area contributed by atoms with Crippen LogP contribution >= 0.6 is 11.6 Å². The summed E-state index contributed by atoms with van der Waals surface area (Å²) in [4.78, 5) is 29.4. The third kappa shape index (κ3) is 9.12. The molecule has 0 saturated heterocycles. The largest absolute Gasteiger partial charge is 0.497 e. The van der Waals surface area contributed by atoms with Gasteiger partial charge in [0.2, 0.25) is 21.8 Å². The minimum atomic E-state index is -3.93. The van der Waals surface area contributed by atoms with Crippen LogP contribution in [-0.4, -0.2) is 63.7 Å². The van der Waals surface area contributed by atoms with E-state index >= 15 is 0 Å². The Bertz CT molecular complexity index is 1490. The lowest BCUT2D eigenvalue weighted by molar-refractivity contribution is -0.140. The van der Waals surface area contributed by atoms with Crippen molar-refractivity contribution in [1.29, 1.82) is 0 Å². The van der Waals surface area contributed by atoms with Crippen LogP contribution < -0.4 is 19.1 Å². The Morgan fingerprint density at radius 1 is 0.929 bits per heavy atom. The summed E-state index contributed by atoms with van der Waals surface area (Å²) in [6.45, 7) is 5.05. The van der Waals surface area contributed by atoms with Gasteiger partial charge in [-0.05, 0) is 62.2 Å². The molecule has 0 spiro atoms. The number of carbonyl (C=O) groups is 2. The van der Waals surface area contributed by atoms with E-state index in [-0.39, 0.29) is 29.6 Å². The highest BCUT2D eigenvalue weighted by molar-refractivity contribution is 7.92. The lowest BCUT2D eigenvalue weighted by atomic mass is 10.0. The van der Waals surface area contributed by atoms with E-state index in [2.05, 4.69) is 5.32 Å². The fraction of sp³-hybridized carbons (Fsp3) is 0.355. The topological polar surface area (TPSA) is 105 Å². The maximum absolute atomic E-state index is 14.2. The van der Waals surface area contributed by atoms with Crippen LogP contribution in [0, 0.1) is 0 Å². The van der Waals surface area contributed by atoms with Crippen molar-refractivity contribution in [2.75, 3.05) is 31.3 Å². The van der Waals surface area contributed by atoms with E-state index in [1.807, 2.05) is 57.2 Å². The van der Waals surface area contributed by atoms with E-state index in [0.29, 0.717) is 17.1 Å². The van der Waals surface area contributed by atoms with Crippen molar-refractivity contribution < 1.29 is 27.5 Å². The van der Waals surface area contributed by atoms with Crippen LogP contribution in [0.2, 0.25) is 5.02 Å². The predicted molar refractivity (Wildman–Crippen MR) is 166 cm³/mol. The molecule has 3 aromatic carbocycles. The highest BCUT2D eigenvalue weighted by atomic mass is 35.5. The standard InChI is InChI=1S/C31H38ClN3O6S/c1-31(2,3)33-30(37)27(18-22-11-8-7-9-12-22)34(20-23-13-10-14-25(17-23)40-4)29(36)21-35(42(6,38)39)24-15-16-28(41-5)26(32)19-24/h7-17,19,27H,18,20-21H2,1-6H3,(H,33,37). The van der Waals surface area contributed by atoms with Crippen molar-refractivity contribution in [3.8, 4) is 11.5 Å². The van der Waals surface area contributed by atoms with Gasteiger partial charge >= 0.3 is 0 Å². The van der Waals surface area contributed by atoms with Crippen molar-refractivity contribution in [1.82, 2.24) is 10.2 Å². The number of benzene rings is 3. The number of hydrogen-bond acceptors (Lipinski definition) is 6. The monoisotopic (exact) mass is 615 g/mol. The molecule has 11 heteroatoms. The number of nitrogens with one attached hydrogen (secondary N) is 1. The van der Waals surface area contributed by atoms with Crippen LogP contribution in [0.5, 0.6) is 11.5 Å². The zero-order valence-electron chi connectivity index (χ0n) is 24.8. The minimum Gasteiger partial charge on any atom is -0.497 e. The fourth-order valence-electron chi connectivity index (χ4n) is 4.40. The van der Waals surface area contributed by atoms with E-state index in [0.717, 1.165) is 16.1 Å². The molecule has 0 fully saturated rings. The van der Waals surface area contributed by atoms with Crippen LogP contribution in [0.4, 0.5) is 5.69 Å². The van der Waals surface area contributed by atoms with Crippen molar-refractivity contribution in [2.45, 2.75) is 45.3 Å². The summed E-state index contributed by atoms with van der Waals surface area (Å²) in [6, 6.07) is 20.0. The molecule has 1 atom stereocenters. The number of nitrogens with zero attached hydrogens (tertiary/aromatic N) is 2. The van der Waals surface area contributed by atoms with Crippen molar-refractivity contribution in [3.05, 3.63) is 88.9 Å². The van der Waals surface area contributed by atoms with Crippen LogP contribution in [-0.2, 0) is 32.6 Å². The molecule has 226 valence electrons. The van der Waals surface area contributed by atoms with Gasteiger partial charge in [0.25, 0.3) is 0 Å². The van der Waals surface area contributed by atoms with Gasteiger partial charge in [0, 0.05) is 18.5 Å². The molecule has 0 aromatic heterocycles. The quantitative estimate of drug-likeness (QED) is 0.317. The fourth-order valence-corrected chi connectivity index (χ4v) is 5.49. The summed E-state index contributed by atoms with van der Waals surface area (Å²) in [5, 5.41) is 3.19. The highest BCUT2D eigenvalue weighted by Gasteiger charge is 2.34. The molecule has 3 rings (SSSR count). The highest BCUT2D eigenvalue weighted by Crippen LogP contribution is 2.30. The summed E-state index contributed by atoms with van der Waals surface area (Å²) in [7, 11) is -0.942.